The molecule has 1 unspecified atom stereocenters. The van der Waals surface area contributed by atoms with Gasteiger partial charge in [-0.25, -0.2) is 13.1 Å². The lowest BCUT2D eigenvalue weighted by atomic mass is 9.78. The number of carbonyl (C=O) groups excluding carboxylic acids is 1. The molecule has 0 aromatic heterocycles. The summed E-state index contributed by atoms with van der Waals surface area (Å²) in [4.78, 5) is 16.5. The van der Waals surface area contributed by atoms with Crippen molar-refractivity contribution < 1.29 is 27.8 Å². The van der Waals surface area contributed by atoms with Crippen LogP contribution >= 0.6 is 0 Å². The lowest BCUT2D eigenvalue weighted by molar-refractivity contribution is -0.139. The molecular weight excluding hydrogens is 482 g/mol. The zero-order valence-corrected chi connectivity index (χ0v) is 22.4. The Balaban J connectivity index is 1.60. The molecule has 1 saturated heterocycles. The van der Waals surface area contributed by atoms with Crippen LogP contribution in [0.1, 0.15) is 56.9 Å². The maximum atomic E-state index is 13.2. The lowest BCUT2D eigenvalue weighted by Gasteiger charge is -2.44. The molecule has 1 amide bonds. The number of hydrogen-bond acceptors (Lipinski definition) is 7. The molecule has 2 N–H and O–H groups in total. The number of hydrogen-bond donors (Lipinski definition) is 2. The standard InChI is InChI=1S/C26H41N3O6S/c1-3-34-17-25(31)29-12-10-26(11-13-29)18-28(2)16-22(30)15-27-36(32,33)24-9-8-21(14-23(24)35-19-26)20-6-4-5-7-20/h8-9,14,20,22,27,30H,3-7,10-13,15-19H2,1-2H3. The first-order chi connectivity index (χ1) is 17.2. The zero-order valence-electron chi connectivity index (χ0n) is 21.6. The minimum Gasteiger partial charge on any atom is -0.492 e. The minimum atomic E-state index is -3.85. The molecule has 1 spiro atoms. The maximum Gasteiger partial charge on any atom is 0.248 e. The average molecular weight is 524 g/mol. The number of β-amino-alcohol motifs (C(OH)–C–C–N with tert-alkyl or cyclic N) is 1. The highest BCUT2D eigenvalue weighted by Gasteiger charge is 2.39. The molecule has 1 atom stereocenters. The van der Waals surface area contributed by atoms with Gasteiger partial charge >= 0.3 is 0 Å². The summed E-state index contributed by atoms with van der Waals surface area (Å²) in [6, 6.07) is 5.47. The van der Waals surface area contributed by atoms with Crippen LogP contribution in [0.25, 0.3) is 0 Å². The van der Waals surface area contributed by atoms with E-state index in [9.17, 15) is 18.3 Å². The average Bonchev–Trinajstić information content (AvgIpc) is 3.40. The fraction of sp³-hybridized carbons (Fsp3) is 0.731. The summed E-state index contributed by atoms with van der Waals surface area (Å²) in [7, 11) is -1.92. The number of nitrogens with zero attached hydrogens (tertiary/aromatic N) is 2. The van der Waals surface area contributed by atoms with Gasteiger partial charge in [0, 0.05) is 44.7 Å². The van der Waals surface area contributed by atoms with E-state index in [2.05, 4.69) is 4.72 Å². The van der Waals surface area contributed by atoms with E-state index >= 15 is 0 Å². The fourth-order valence-corrected chi connectivity index (χ4v) is 7.00. The lowest BCUT2D eigenvalue weighted by Crippen LogP contribution is -2.52. The van der Waals surface area contributed by atoms with Gasteiger partial charge in [-0.2, -0.15) is 0 Å². The minimum absolute atomic E-state index is 0.00623. The second-order valence-electron chi connectivity index (χ2n) is 10.7. The van der Waals surface area contributed by atoms with Gasteiger partial charge in [0.25, 0.3) is 0 Å². The number of piperidine rings is 1. The second kappa shape index (κ2) is 11.8. The van der Waals surface area contributed by atoms with Crippen molar-refractivity contribution >= 4 is 15.9 Å². The molecule has 4 rings (SSSR count). The summed E-state index contributed by atoms with van der Waals surface area (Å²) in [5, 5.41) is 10.5. The number of amides is 1. The number of carbonyl (C=O) groups is 1. The van der Waals surface area contributed by atoms with Crippen molar-refractivity contribution in [3.63, 3.8) is 0 Å². The molecule has 1 saturated carbocycles. The van der Waals surface area contributed by atoms with E-state index in [1.165, 1.54) is 12.8 Å². The van der Waals surface area contributed by atoms with Crippen LogP contribution in [0.2, 0.25) is 0 Å². The van der Waals surface area contributed by atoms with E-state index in [0.717, 1.165) is 31.2 Å². The number of likely N-dealkylation sites (N-methyl/N-ethyl adjacent to an activating group) is 1. The number of aliphatic hydroxyl groups is 1. The van der Waals surface area contributed by atoms with Crippen molar-refractivity contribution in [1.82, 2.24) is 14.5 Å². The monoisotopic (exact) mass is 523 g/mol. The molecule has 0 radical (unpaired) electrons. The molecule has 202 valence electrons. The zero-order chi connectivity index (χ0) is 25.8. The Kier molecular flexibility index (Phi) is 8.93. The molecule has 36 heavy (non-hydrogen) atoms. The van der Waals surface area contributed by atoms with Gasteiger partial charge < -0.3 is 24.4 Å². The Labute approximate surface area is 215 Å². The number of nitrogens with one attached hydrogen (secondary N) is 1. The number of benzene rings is 1. The van der Waals surface area contributed by atoms with E-state index < -0.39 is 16.1 Å². The molecule has 2 heterocycles. The molecule has 1 aliphatic carbocycles. The van der Waals surface area contributed by atoms with Crippen LogP contribution < -0.4 is 9.46 Å². The van der Waals surface area contributed by atoms with E-state index in [-0.39, 0.29) is 29.4 Å². The van der Waals surface area contributed by atoms with Crippen LogP contribution in [0.4, 0.5) is 0 Å². The Morgan fingerprint density at radius 1 is 1.25 bits per heavy atom. The highest BCUT2D eigenvalue weighted by Crippen LogP contribution is 2.39. The summed E-state index contributed by atoms with van der Waals surface area (Å²) in [5.74, 6) is 0.796. The van der Waals surface area contributed by atoms with Gasteiger partial charge in [-0.15, -0.1) is 0 Å². The molecule has 3 aliphatic rings. The van der Waals surface area contributed by atoms with Crippen LogP contribution in [0.3, 0.4) is 0 Å². The van der Waals surface area contributed by atoms with E-state index in [1.54, 1.807) is 6.07 Å². The van der Waals surface area contributed by atoms with Crippen molar-refractivity contribution in [2.24, 2.45) is 5.41 Å². The summed E-state index contributed by atoms with van der Waals surface area (Å²) < 4.78 is 40.6. The van der Waals surface area contributed by atoms with Crippen LogP contribution in [0.5, 0.6) is 5.75 Å². The first kappa shape index (κ1) is 27.3. The van der Waals surface area contributed by atoms with E-state index in [0.29, 0.717) is 51.1 Å². The number of fused-ring (bicyclic) bond motifs is 1. The molecule has 9 nitrogen and oxygen atoms in total. The van der Waals surface area contributed by atoms with Crippen LogP contribution in [-0.2, 0) is 19.6 Å². The Morgan fingerprint density at radius 3 is 2.67 bits per heavy atom. The highest BCUT2D eigenvalue weighted by atomic mass is 32.2. The van der Waals surface area contributed by atoms with Crippen LogP contribution in [-0.4, -0.2) is 94.9 Å². The van der Waals surface area contributed by atoms with Gasteiger partial charge in [0.15, 0.2) is 0 Å². The van der Waals surface area contributed by atoms with Gasteiger partial charge in [0.05, 0.1) is 12.7 Å². The van der Waals surface area contributed by atoms with Crippen molar-refractivity contribution in [3.05, 3.63) is 23.8 Å². The smallest absolute Gasteiger partial charge is 0.248 e. The molecule has 0 bridgehead atoms. The normalized spacial score (nSPS) is 25.5. The SMILES string of the molecule is CCOCC(=O)N1CCC2(CC1)COc1cc(C3CCCC3)ccc1S(=O)(=O)NCC(O)CN(C)C2. The number of rotatable bonds is 4. The molecule has 2 fully saturated rings. The largest absolute Gasteiger partial charge is 0.492 e. The van der Waals surface area contributed by atoms with E-state index in [4.69, 9.17) is 9.47 Å². The summed E-state index contributed by atoms with van der Waals surface area (Å²) in [5.41, 5.74) is 0.851. The third-order valence-corrected chi connectivity index (χ3v) is 9.32. The third kappa shape index (κ3) is 6.58. The topological polar surface area (TPSA) is 108 Å². The number of ether oxygens (including phenoxy) is 2. The molecule has 2 aliphatic heterocycles. The van der Waals surface area contributed by atoms with Gasteiger partial charge in [-0.05, 0) is 63.3 Å². The summed E-state index contributed by atoms with van der Waals surface area (Å²) in [6.45, 7) is 4.96. The van der Waals surface area contributed by atoms with Crippen molar-refractivity contribution in [2.75, 3.05) is 59.6 Å². The predicted molar refractivity (Wildman–Crippen MR) is 137 cm³/mol. The quantitative estimate of drug-likeness (QED) is 0.621. The summed E-state index contributed by atoms with van der Waals surface area (Å²) in [6.07, 6.45) is 5.22. The number of sulfonamides is 1. The highest BCUT2D eigenvalue weighted by molar-refractivity contribution is 7.89. The van der Waals surface area contributed by atoms with Gasteiger partial charge in [0.1, 0.15) is 17.3 Å². The van der Waals surface area contributed by atoms with Gasteiger partial charge in [-0.3, -0.25) is 4.79 Å². The molecule has 1 aromatic rings. The number of likely N-dealkylation sites (tertiary alicyclic amines) is 1. The molecule has 10 heteroatoms. The molecule has 1 aromatic carbocycles. The summed E-state index contributed by atoms with van der Waals surface area (Å²) >= 11 is 0. The Morgan fingerprint density at radius 2 is 1.97 bits per heavy atom. The fourth-order valence-electron chi connectivity index (χ4n) is 5.81. The maximum absolute atomic E-state index is 13.2. The second-order valence-corrected chi connectivity index (χ2v) is 12.4. The molecular formula is C26H41N3O6S. The van der Waals surface area contributed by atoms with Gasteiger partial charge in [-0.1, -0.05) is 18.9 Å². The van der Waals surface area contributed by atoms with Crippen LogP contribution in [0.15, 0.2) is 23.1 Å². The Bertz CT molecular complexity index is 1000. The van der Waals surface area contributed by atoms with Crippen molar-refractivity contribution in [3.8, 4) is 5.75 Å². The Hall–Kier alpha value is -1.72. The number of aliphatic hydroxyl groups excluding tert-OH is 1. The predicted octanol–water partition coefficient (Wildman–Crippen LogP) is 1.95. The van der Waals surface area contributed by atoms with E-state index in [1.807, 2.05) is 35.9 Å². The van der Waals surface area contributed by atoms with Crippen LogP contribution in [0, 0.1) is 5.41 Å². The first-order valence-corrected chi connectivity index (χ1v) is 14.7. The van der Waals surface area contributed by atoms with Gasteiger partial charge in [0.2, 0.25) is 15.9 Å². The van der Waals surface area contributed by atoms with Crippen molar-refractivity contribution in [1.29, 1.82) is 0 Å². The first-order valence-electron chi connectivity index (χ1n) is 13.2. The third-order valence-electron chi connectivity index (χ3n) is 7.86. The van der Waals surface area contributed by atoms with Crippen molar-refractivity contribution in [2.45, 2.75) is 62.4 Å².